The van der Waals surface area contributed by atoms with Crippen LogP contribution in [0.2, 0.25) is 0 Å². The van der Waals surface area contributed by atoms with Crippen molar-refractivity contribution in [2.75, 3.05) is 7.11 Å². The van der Waals surface area contributed by atoms with Gasteiger partial charge in [-0.25, -0.2) is 0 Å². The predicted molar refractivity (Wildman–Crippen MR) is 86.8 cm³/mol. The first-order valence-electron chi connectivity index (χ1n) is 7.69. The van der Waals surface area contributed by atoms with E-state index in [-0.39, 0.29) is 17.9 Å². The fraction of sp³-hybridized carbons (Fsp3) is 0.316. The molecule has 2 aromatic rings. The van der Waals surface area contributed by atoms with E-state index < -0.39 is 0 Å². The van der Waals surface area contributed by atoms with E-state index in [9.17, 15) is 4.79 Å². The van der Waals surface area contributed by atoms with Crippen molar-refractivity contribution in [2.45, 2.75) is 25.3 Å². The van der Waals surface area contributed by atoms with E-state index in [1.54, 1.807) is 7.11 Å². The van der Waals surface area contributed by atoms with Crippen LogP contribution in [0.15, 0.2) is 54.6 Å². The van der Waals surface area contributed by atoms with Gasteiger partial charge in [-0.3, -0.25) is 4.79 Å². The number of para-hydroxylation sites is 1. The number of benzene rings is 2. The molecule has 1 amide bonds. The summed E-state index contributed by atoms with van der Waals surface area (Å²) >= 11 is 0. The molecule has 114 valence electrons. The van der Waals surface area contributed by atoms with Gasteiger partial charge in [0.25, 0.3) is 0 Å². The molecule has 3 atom stereocenters. The topological polar surface area (TPSA) is 38.3 Å². The molecule has 0 aromatic heterocycles. The molecule has 0 aliphatic heterocycles. The van der Waals surface area contributed by atoms with Crippen molar-refractivity contribution in [1.82, 2.24) is 5.32 Å². The second kappa shape index (κ2) is 6.22. The zero-order valence-corrected chi connectivity index (χ0v) is 13.0. The maximum atomic E-state index is 12.4. The summed E-state index contributed by atoms with van der Waals surface area (Å²) in [5, 5.41) is 3.11. The van der Waals surface area contributed by atoms with Crippen LogP contribution in [0, 0.1) is 5.92 Å². The Balaban J connectivity index is 1.63. The third-order valence-electron chi connectivity index (χ3n) is 4.32. The van der Waals surface area contributed by atoms with Crippen LogP contribution in [0.25, 0.3) is 0 Å². The number of carbonyl (C=O) groups excluding carboxylic acids is 1. The molecule has 0 unspecified atom stereocenters. The summed E-state index contributed by atoms with van der Waals surface area (Å²) in [6.45, 7) is 2.00. The maximum Gasteiger partial charge on any atom is 0.224 e. The Labute approximate surface area is 131 Å². The Hall–Kier alpha value is -2.29. The molecule has 0 saturated heterocycles. The lowest BCUT2D eigenvalue weighted by Crippen LogP contribution is -2.28. The van der Waals surface area contributed by atoms with E-state index in [0.717, 1.165) is 17.7 Å². The fourth-order valence-corrected chi connectivity index (χ4v) is 2.98. The first-order chi connectivity index (χ1) is 10.7. The molecule has 2 aromatic carbocycles. The van der Waals surface area contributed by atoms with Crippen molar-refractivity contribution >= 4 is 5.91 Å². The van der Waals surface area contributed by atoms with E-state index >= 15 is 0 Å². The van der Waals surface area contributed by atoms with E-state index in [1.165, 1.54) is 5.56 Å². The highest BCUT2D eigenvalue weighted by atomic mass is 16.5. The molecule has 22 heavy (non-hydrogen) atoms. The third kappa shape index (κ3) is 2.98. The average molecular weight is 295 g/mol. The first kappa shape index (κ1) is 14.6. The number of ether oxygens (including phenoxy) is 1. The summed E-state index contributed by atoms with van der Waals surface area (Å²) in [6, 6.07) is 18.0. The number of amides is 1. The molecule has 1 saturated carbocycles. The van der Waals surface area contributed by atoms with Gasteiger partial charge < -0.3 is 10.1 Å². The fourth-order valence-electron chi connectivity index (χ4n) is 2.98. The van der Waals surface area contributed by atoms with Crippen molar-refractivity contribution in [3.63, 3.8) is 0 Å². The van der Waals surface area contributed by atoms with Crippen molar-refractivity contribution < 1.29 is 9.53 Å². The molecule has 0 bridgehead atoms. The van der Waals surface area contributed by atoms with Crippen LogP contribution in [0.1, 0.15) is 36.4 Å². The summed E-state index contributed by atoms with van der Waals surface area (Å²) < 4.78 is 5.36. The van der Waals surface area contributed by atoms with Crippen LogP contribution in [0.3, 0.4) is 0 Å². The maximum absolute atomic E-state index is 12.4. The lowest BCUT2D eigenvalue weighted by Gasteiger charge is -2.17. The number of hydrogen-bond donors (Lipinski definition) is 1. The standard InChI is InChI=1S/C19H21NO2/c1-13(15-10-6-7-11-18(15)22-2)20-19(21)17-12-16(17)14-8-4-3-5-9-14/h3-11,13,16-17H,12H2,1-2H3,(H,20,21)/t13-,16+,17-/m0/s1. The van der Waals surface area contributed by atoms with Crippen LogP contribution in [0.5, 0.6) is 5.75 Å². The highest BCUT2D eigenvalue weighted by Gasteiger charge is 2.44. The summed E-state index contributed by atoms with van der Waals surface area (Å²) in [7, 11) is 1.65. The second-order valence-electron chi connectivity index (χ2n) is 5.83. The number of nitrogens with one attached hydrogen (secondary N) is 1. The van der Waals surface area contributed by atoms with Gasteiger partial charge in [-0.2, -0.15) is 0 Å². The number of hydrogen-bond acceptors (Lipinski definition) is 2. The summed E-state index contributed by atoms with van der Waals surface area (Å²) in [5.74, 6) is 1.41. The van der Waals surface area contributed by atoms with Crippen LogP contribution >= 0.6 is 0 Å². The number of methoxy groups -OCH3 is 1. The number of rotatable bonds is 5. The number of carbonyl (C=O) groups is 1. The van der Waals surface area contributed by atoms with Gasteiger partial charge in [-0.05, 0) is 30.9 Å². The first-order valence-corrected chi connectivity index (χ1v) is 7.69. The van der Waals surface area contributed by atoms with Gasteiger partial charge in [0.2, 0.25) is 5.91 Å². The Kier molecular flexibility index (Phi) is 4.14. The molecule has 1 aliphatic rings. The minimum atomic E-state index is -0.0549. The smallest absolute Gasteiger partial charge is 0.224 e. The van der Waals surface area contributed by atoms with Crippen molar-refractivity contribution in [3.05, 3.63) is 65.7 Å². The Morgan fingerprint density at radius 1 is 1.14 bits per heavy atom. The van der Waals surface area contributed by atoms with E-state index in [2.05, 4.69) is 17.4 Å². The van der Waals surface area contributed by atoms with E-state index in [1.807, 2.05) is 49.4 Å². The quantitative estimate of drug-likeness (QED) is 0.914. The summed E-state index contributed by atoms with van der Waals surface area (Å²) in [6.07, 6.45) is 0.939. The Morgan fingerprint density at radius 3 is 2.55 bits per heavy atom. The largest absolute Gasteiger partial charge is 0.496 e. The molecule has 0 spiro atoms. The molecule has 3 heteroatoms. The molecule has 1 N–H and O–H groups in total. The van der Waals surface area contributed by atoms with Gasteiger partial charge in [0.15, 0.2) is 0 Å². The second-order valence-corrected chi connectivity index (χ2v) is 5.83. The highest BCUT2D eigenvalue weighted by Crippen LogP contribution is 2.47. The predicted octanol–water partition coefficient (Wildman–Crippen LogP) is 3.68. The molecular weight excluding hydrogens is 274 g/mol. The zero-order chi connectivity index (χ0) is 15.5. The monoisotopic (exact) mass is 295 g/mol. The van der Waals surface area contributed by atoms with E-state index in [0.29, 0.717) is 5.92 Å². The van der Waals surface area contributed by atoms with Gasteiger partial charge in [0.05, 0.1) is 13.2 Å². The Bertz CT molecular complexity index is 653. The van der Waals surface area contributed by atoms with Crippen LogP contribution in [0.4, 0.5) is 0 Å². The third-order valence-corrected chi connectivity index (χ3v) is 4.32. The minimum Gasteiger partial charge on any atom is -0.496 e. The van der Waals surface area contributed by atoms with Crippen molar-refractivity contribution in [1.29, 1.82) is 0 Å². The molecule has 3 nitrogen and oxygen atoms in total. The molecule has 1 fully saturated rings. The lowest BCUT2D eigenvalue weighted by molar-refractivity contribution is -0.123. The summed E-state index contributed by atoms with van der Waals surface area (Å²) in [4.78, 5) is 12.4. The normalized spacial score (nSPS) is 21.0. The molecular formula is C19H21NO2. The van der Waals surface area contributed by atoms with Gasteiger partial charge in [-0.15, -0.1) is 0 Å². The average Bonchev–Trinajstić information content (AvgIpc) is 3.36. The molecule has 0 radical (unpaired) electrons. The van der Waals surface area contributed by atoms with Crippen molar-refractivity contribution in [2.24, 2.45) is 5.92 Å². The van der Waals surface area contributed by atoms with Crippen LogP contribution < -0.4 is 10.1 Å². The van der Waals surface area contributed by atoms with Gasteiger partial charge >= 0.3 is 0 Å². The van der Waals surface area contributed by atoms with Crippen LogP contribution in [-0.2, 0) is 4.79 Å². The lowest BCUT2D eigenvalue weighted by atomic mass is 10.1. The van der Waals surface area contributed by atoms with Gasteiger partial charge in [-0.1, -0.05) is 48.5 Å². The Morgan fingerprint density at radius 2 is 1.82 bits per heavy atom. The molecule has 0 heterocycles. The van der Waals surface area contributed by atoms with E-state index in [4.69, 9.17) is 4.74 Å². The highest BCUT2D eigenvalue weighted by molar-refractivity contribution is 5.83. The zero-order valence-electron chi connectivity index (χ0n) is 13.0. The summed E-state index contributed by atoms with van der Waals surface area (Å²) in [5.41, 5.74) is 2.27. The van der Waals surface area contributed by atoms with Crippen molar-refractivity contribution in [3.8, 4) is 5.75 Å². The molecule has 1 aliphatic carbocycles. The van der Waals surface area contributed by atoms with Crippen LogP contribution in [-0.4, -0.2) is 13.0 Å². The van der Waals surface area contributed by atoms with Gasteiger partial charge in [0, 0.05) is 11.5 Å². The van der Waals surface area contributed by atoms with Gasteiger partial charge in [0.1, 0.15) is 5.75 Å². The SMILES string of the molecule is COc1ccccc1[C@H](C)NC(=O)[C@H]1C[C@@H]1c1ccccc1. The minimum absolute atomic E-state index is 0.0549. The molecule has 3 rings (SSSR count).